The lowest BCUT2D eigenvalue weighted by atomic mass is 10.3. The van der Waals surface area contributed by atoms with Crippen molar-refractivity contribution in [2.45, 2.75) is 13.3 Å². The molecule has 1 aliphatic rings. The summed E-state index contributed by atoms with van der Waals surface area (Å²) in [5.74, 6) is 0.997. The van der Waals surface area contributed by atoms with Crippen molar-refractivity contribution in [3.8, 4) is 5.69 Å². The summed E-state index contributed by atoms with van der Waals surface area (Å²) in [5.41, 5.74) is 1.78. The Balaban J connectivity index is 1.55. The number of rotatable bonds is 5. The van der Waals surface area contributed by atoms with Gasteiger partial charge >= 0.3 is 0 Å². The molecule has 1 fully saturated rings. The Morgan fingerprint density at radius 3 is 2.79 bits per heavy atom. The van der Waals surface area contributed by atoms with Gasteiger partial charge in [-0.25, -0.2) is 14.6 Å². The molecule has 0 aliphatic carbocycles. The fourth-order valence-electron chi connectivity index (χ4n) is 3.64. The van der Waals surface area contributed by atoms with Gasteiger partial charge in [0.05, 0.1) is 23.8 Å². The highest BCUT2D eigenvalue weighted by molar-refractivity contribution is 5.87. The second kappa shape index (κ2) is 8.35. The van der Waals surface area contributed by atoms with Crippen LogP contribution in [0.25, 0.3) is 16.7 Å². The van der Waals surface area contributed by atoms with Crippen LogP contribution in [0.2, 0.25) is 0 Å². The Kier molecular flexibility index (Phi) is 5.48. The molecule has 28 heavy (non-hydrogen) atoms. The maximum atomic E-state index is 11.9. The molecule has 1 aliphatic heterocycles. The van der Waals surface area contributed by atoms with Crippen molar-refractivity contribution in [2.24, 2.45) is 0 Å². The Morgan fingerprint density at radius 2 is 1.96 bits per heavy atom. The van der Waals surface area contributed by atoms with Crippen molar-refractivity contribution in [2.75, 3.05) is 44.2 Å². The van der Waals surface area contributed by atoms with Crippen LogP contribution in [-0.4, -0.2) is 69.8 Å². The third-order valence-electron chi connectivity index (χ3n) is 4.97. The summed E-state index contributed by atoms with van der Waals surface area (Å²) in [4.78, 5) is 25.4. The molecule has 0 atom stereocenters. The molecule has 0 unspecified atom stereocenters. The van der Waals surface area contributed by atoms with Crippen molar-refractivity contribution in [3.05, 3.63) is 42.9 Å². The SMILES string of the molecule is CCNC(=O)CN1CCCN(c2ncnc3c2cnn3-c2ccccc2)CC1. The lowest BCUT2D eigenvalue weighted by Crippen LogP contribution is -2.39. The van der Waals surface area contributed by atoms with Gasteiger partial charge in [0.15, 0.2) is 5.65 Å². The molecule has 3 aromatic rings. The van der Waals surface area contributed by atoms with E-state index in [2.05, 4.69) is 30.2 Å². The molecule has 0 radical (unpaired) electrons. The number of carbonyl (C=O) groups is 1. The van der Waals surface area contributed by atoms with Crippen LogP contribution in [0.3, 0.4) is 0 Å². The zero-order valence-corrected chi connectivity index (χ0v) is 16.1. The quantitative estimate of drug-likeness (QED) is 0.723. The van der Waals surface area contributed by atoms with E-state index in [-0.39, 0.29) is 5.91 Å². The van der Waals surface area contributed by atoms with Crippen LogP contribution in [0.4, 0.5) is 5.82 Å². The second-order valence-electron chi connectivity index (χ2n) is 6.90. The predicted molar refractivity (Wildman–Crippen MR) is 109 cm³/mol. The van der Waals surface area contributed by atoms with Crippen LogP contribution < -0.4 is 10.2 Å². The number of benzene rings is 1. The van der Waals surface area contributed by atoms with Gasteiger partial charge < -0.3 is 10.2 Å². The zero-order chi connectivity index (χ0) is 19.3. The first-order valence-corrected chi connectivity index (χ1v) is 9.74. The summed E-state index contributed by atoms with van der Waals surface area (Å²) in [6, 6.07) is 9.99. The number of hydrogen-bond acceptors (Lipinski definition) is 6. The Labute approximate surface area is 164 Å². The lowest BCUT2D eigenvalue weighted by Gasteiger charge is -2.22. The van der Waals surface area contributed by atoms with Gasteiger partial charge in [-0.2, -0.15) is 5.10 Å². The number of likely N-dealkylation sites (N-methyl/N-ethyl adjacent to an activating group) is 1. The molecule has 1 aromatic carbocycles. The van der Waals surface area contributed by atoms with Gasteiger partial charge in [-0.1, -0.05) is 18.2 Å². The van der Waals surface area contributed by atoms with Crippen LogP contribution in [0.15, 0.2) is 42.9 Å². The summed E-state index contributed by atoms with van der Waals surface area (Å²) < 4.78 is 1.85. The van der Waals surface area contributed by atoms with Gasteiger partial charge in [0.25, 0.3) is 0 Å². The van der Waals surface area contributed by atoms with Crippen molar-refractivity contribution in [1.82, 2.24) is 30.0 Å². The van der Waals surface area contributed by atoms with Crippen LogP contribution in [-0.2, 0) is 4.79 Å². The van der Waals surface area contributed by atoms with E-state index in [1.807, 2.05) is 48.1 Å². The van der Waals surface area contributed by atoms with Crippen LogP contribution in [0, 0.1) is 0 Å². The van der Waals surface area contributed by atoms with Gasteiger partial charge in [0, 0.05) is 32.7 Å². The molecule has 0 saturated carbocycles. The third kappa shape index (κ3) is 3.82. The van der Waals surface area contributed by atoms with Gasteiger partial charge in [0.1, 0.15) is 12.1 Å². The molecular formula is C20H25N7O. The number of nitrogens with one attached hydrogen (secondary N) is 1. The standard InChI is InChI=1S/C20H25N7O/c1-2-21-18(28)14-25-9-6-10-26(12-11-25)19-17-13-24-27(20(17)23-15-22-19)16-7-4-3-5-8-16/h3-5,7-8,13,15H,2,6,9-12,14H2,1H3,(H,21,28). The Hall–Kier alpha value is -3.00. The third-order valence-corrected chi connectivity index (χ3v) is 4.97. The summed E-state index contributed by atoms with van der Waals surface area (Å²) in [6.07, 6.45) is 4.43. The number of hydrogen-bond donors (Lipinski definition) is 1. The highest BCUT2D eigenvalue weighted by Crippen LogP contribution is 2.25. The first kappa shape index (κ1) is 18.4. The maximum Gasteiger partial charge on any atom is 0.234 e. The van der Waals surface area contributed by atoms with E-state index in [4.69, 9.17) is 0 Å². The molecule has 8 nitrogen and oxygen atoms in total. The van der Waals surface area contributed by atoms with Gasteiger partial charge in [-0.15, -0.1) is 0 Å². The molecule has 146 valence electrons. The average molecular weight is 379 g/mol. The molecule has 3 heterocycles. The molecular weight excluding hydrogens is 354 g/mol. The molecule has 0 bridgehead atoms. The number of nitrogens with zero attached hydrogens (tertiary/aromatic N) is 6. The zero-order valence-electron chi connectivity index (χ0n) is 16.1. The van der Waals surface area contributed by atoms with Gasteiger partial charge in [-0.3, -0.25) is 9.69 Å². The number of aromatic nitrogens is 4. The van der Waals surface area contributed by atoms with E-state index in [1.54, 1.807) is 6.33 Å². The smallest absolute Gasteiger partial charge is 0.234 e. The number of carbonyl (C=O) groups excluding carboxylic acids is 1. The largest absolute Gasteiger partial charge is 0.355 e. The monoisotopic (exact) mass is 379 g/mol. The minimum absolute atomic E-state index is 0.0875. The van der Waals surface area contributed by atoms with E-state index in [1.165, 1.54) is 0 Å². The number of fused-ring (bicyclic) bond motifs is 1. The minimum atomic E-state index is 0.0875. The highest BCUT2D eigenvalue weighted by atomic mass is 16.2. The lowest BCUT2D eigenvalue weighted by molar-refractivity contribution is -0.122. The van der Waals surface area contributed by atoms with Crippen molar-refractivity contribution in [1.29, 1.82) is 0 Å². The number of para-hydroxylation sites is 1. The summed E-state index contributed by atoms with van der Waals surface area (Å²) in [7, 11) is 0. The van der Waals surface area contributed by atoms with E-state index < -0.39 is 0 Å². The van der Waals surface area contributed by atoms with E-state index >= 15 is 0 Å². The van der Waals surface area contributed by atoms with Crippen LogP contribution >= 0.6 is 0 Å². The molecule has 8 heteroatoms. The number of anilines is 1. The molecule has 4 rings (SSSR count). The molecule has 0 spiro atoms. The number of amides is 1. The maximum absolute atomic E-state index is 11.9. The second-order valence-corrected chi connectivity index (χ2v) is 6.90. The summed E-state index contributed by atoms with van der Waals surface area (Å²) in [6.45, 7) is 6.52. The Bertz CT molecular complexity index is 940. The van der Waals surface area contributed by atoms with Gasteiger partial charge in [0.2, 0.25) is 5.91 Å². The molecule has 2 aromatic heterocycles. The molecule has 1 saturated heterocycles. The molecule has 1 amide bonds. The van der Waals surface area contributed by atoms with Crippen molar-refractivity contribution >= 4 is 22.8 Å². The van der Waals surface area contributed by atoms with Crippen LogP contribution in [0.5, 0.6) is 0 Å². The highest BCUT2D eigenvalue weighted by Gasteiger charge is 2.21. The normalized spacial score (nSPS) is 15.5. The molecule has 1 N–H and O–H groups in total. The van der Waals surface area contributed by atoms with E-state index in [9.17, 15) is 4.79 Å². The first-order valence-electron chi connectivity index (χ1n) is 9.74. The van der Waals surface area contributed by atoms with E-state index in [0.29, 0.717) is 13.1 Å². The summed E-state index contributed by atoms with van der Waals surface area (Å²) in [5, 5.41) is 8.36. The minimum Gasteiger partial charge on any atom is -0.355 e. The van der Waals surface area contributed by atoms with Crippen LogP contribution in [0.1, 0.15) is 13.3 Å². The fourth-order valence-corrected chi connectivity index (χ4v) is 3.64. The average Bonchev–Trinajstić information content (AvgIpc) is 3.02. The predicted octanol–water partition coefficient (Wildman–Crippen LogP) is 1.46. The van der Waals surface area contributed by atoms with Gasteiger partial charge in [-0.05, 0) is 25.5 Å². The Morgan fingerprint density at radius 1 is 1.11 bits per heavy atom. The summed E-state index contributed by atoms with van der Waals surface area (Å²) >= 11 is 0. The van der Waals surface area contributed by atoms with Crippen molar-refractivity contribution in [3.63, 3.8) is 0 Å². The fraction of sp³-hybridized carbons (Fsp3) is 0.400. The van der Waals surface area contributed by atoms with Crippen molar-refractivity contribution < 1.29 is 4.79 Å². The first-order chi connectivity index (χ1) is 13.8. The topological polar surface area (TPSA) is 79.2 Å². The van der Waals surface area contributed by atoms with E-state index in [0.717, 1.165) is 55.1 Å².